The molecule has 3 aromatic rings. The Kier molecular flexibility index (Phi) is 9.88. The molecule has 0 radical (unpaired) electrons. The van der Waals surface area contributed by atoms with Crippen LogP contribution >= 0.6 is 11.8 Å². The fraction of sp³-hybridized carbons (Fsp3) is 0.407. The maximum Gasteiger partial charge on any atom is 0.303 e. The van der Waals surface area contributed by atoms with Crippen LogP contribution in [0.3, 0.4) is 0 Å². The van der Waals surface area contributed by atoms with Crippen molar-refractivity contribution in [2.45, 2.75) is 62.5 Å². The van der Waals surface area contributed by atoms with Crippen LogP contribution < -0.4 is 5.32 Å². The summed E-state index contributed by atoms with van der Waals surface area (Å²) in [5.74, 6) is -0.393. The molecule has 10 nitrogen and oxygen atoms in total. The molecule has 0 bridgehead atoms. The van der Waals surface area contributed by atoms with Crippen molar-refractivity contribution in [3.05, 3.63) is 77.1 Å². The highest BCUT2D eigenvalue weighted by atomic mass is 32.2. The predicted molar refractivity (Wildman–Crippen MR) is 140 cm³/mol. The van der Waals surface area contributed by atoms with Crippen LogP contribution in [0.4, 0.5) is 0 Å². The molecular weight excluding hydrogens is 508 g/mol. The molecule has 0 saturated carbocycles. The second-order valence-electron chi connectivity index (χ2n) is 9.15. The first-order chi connectivity index (χ1) is 18.4. The third-order valence-electron chi connectivity index (χ3n) is 6.22. The Hall–Kier alpha value is -3.25. The van der Waals surface area contributed by atoms with Gasteiger partial charge in [0.15, 0.2) is 11.4 Å². The van der Waals surface area contributed by atoms with Crippen molar-refractivity contribution in [3.63, 3.8) is 0 Å². The number of aliphatic carboxylic acids is 1. The second-order valence-corrected chi connectivity index (χ2v) is 10.1. The van der Waals surface area contributed by atoms with Gasteiger partial charge < -0.3 is 29.6 Å². The molecule has 0 aliphatic carbocycles. The number of carbonyl (C=O) groups is 2. The third-order valence-corrected chi connectivity index (χ3v) is 7.39. The number of aliphatic hydroxyl groups is 1. The van der Waals surface area contributed by atoms with Gasteiger partial charge in [0, 0.05) is 44.2 Å². The highest BCUT2D eigenvalue weighted by Crippen LogP contribution is 2.39. The summed E-state index contributed by atoms with van der Waals surface area (Å²) in [6.45, 7) is 0.346. The predicted octanol–water partition coefficient (Wildman–Crippen LogP) is 3.52. The molecular formula is C27H32N4O6S. The van der Waals surface area contributed by atoms with Crippen molar-refractivity contribution in [2.75, 3.05) is 5.75 Å². The van der Waals surface area contributed by atoms with E-state index in [1.165, 1.54) is 0 Å². The van der Waals surface area contributed by atoms with Crippen LogP contribution in [0, 0.1) is 0 Å². The van der Waals surface area contributed by atoms with Crippen molar-refractivity contribution >= 4 is 23.6 Å². The summed E-state index contributed by atoms with van der Waals surface area (Å²) in [5, 5.41) is 29.8. The van der Waals surface area contributed by atoms with Crippen molar-refractivity contribution in [3.8, 4) is 0 Å². The first-order valence-electron chi connectivity index (χ1n) is 12.5. The van der Waals surface area contributed by atoms with Gasteiger partial charge in [-0.1, -0.05) is 60.3 Å². The lowest BCUT2D eigenvalue weighted by Crippen LogP contribution is -2.31. The molecule has 3 atom stereocenters. The maximum atomic E-state index is 12.0. The molecule has 1 aromatic heterocycles. The van der Waals surface area contributed by atoms with Gasteiger partial charge in [0.25, 0.3) is 0 Å². The zero-order valence-electron chi connectivity index (χ0n) is 21.2. The number of hydrogen-bond acceptors (Lipinski definition) is 8. The highest BCUT2D eigenvalue weighted by molar-refractivity contribution is 7.99. The fourth-order valence-corrected chi connectivity index (χ4v) is 4.98. The minimum Gasteiger partial charge on any atom is -0.481 e. The van der Waals surface area contributed by atoms with Crippen molar-refractivity contribution in [1.82, 2.24) is 20.1 Å². The second kappa shape index (κ2) is 13.5. The number of amides is 1. The Balaban J connectivity index is 1.40. The van der Waals surface area contributed by atoms with Gasteiger partial charge in [0.2, 0.25) is 5.91 Å². The Morgan fingerprint density at radius 3 is 2.42 bits per heavy atom. The minimum atomic E-state index is -0.903. The van der Waals surface area contributed by atoms with E-state index in [9.17, 15) is 14.7 Å². The van der Waals surface area contributed by atoms with Gasteiger partial charge in [-0.05, 0) is 23.1 Å². The first kappa shape index (κ1) is 27.8. The average molecular weight is 541 g/mol. The summed E-state index contributed by atoms with van der Waals surface area (Å²) in [4.78, 5) is 22.6. The molecule has 1 fully saturated rings. The molecule has 1 aliphatic rings. The lowest BCUT2D eigenvalue weighted by Gasteiger charge is -2.36. The van der Waals surface area contributed by atoms with E-state index in [1.54, 1.807) is 18.1 Å². The summed E-state index contributed by atoms with van der Waals surface area (Å²) in [5.41, 5.74) is 3.65. The molecule has 2 aromatic carbocycles. The zero-order chi connectivity index (χ0) is 26.9. The van der Waals surface area contributed by atoms with E-state index in [-0.39, 0.29) is 37.6 Å². The number of aromatic nitrogens is 3. The van der Waals surface area contributed by atoms with Gasteiger partial charge in [-0.2, -0.15) is 0 Å². The van der Waals surface area contributed by atoms with Gasteiger partial charge in [-0.25, -0.2) is 0 Å². The Morgan fingerprint density at radius 1 is 1.05 bits per heavy atom. The Bertz CT molecular complexity index is 1200. The van der Waals surface area contributed by atoms with E-state index in [1.807, 2.05) is 60.1 Å². The number of carboxylic acids is 1. The summed E-state index contributed by atoms with van der Waals surface area (Å²) in [6, 6.07) is 15.5. The van der Waals surface area contributed by atoms with Crippen molar-refractivity contribution < 1.29 is 29.3 Å². The van der Waals surface area contributed by atoms with Crippen LogP contribution in [-0.2, 0) is 39.3 Å². The number of nitrogens with zero attached hydrogens (tertiary/aromatic N) is 3. The Labute approximate surface area is 225 Å². The van der Waals surface area contributed by atoms with E-state index < -0.39 is 12.3 Å². The SMILES string of the molecule is Cn1cnnc1SCC1CC(c2ccc(CO)cc2)OC(c2ccc(CNC(=O)CCCC(=O)O)cc2)O1. The molecule has 0 spiro atoms. The number of thioether (sulfide) groups is 1. The first-order valence-corrected chi connectivity index (χ1v) is 13.4. The fourth-order valence-electron chi connectivity index (χ4n) is 4.08. The normalized spacial score (nSPS) is 19.3. The quantitative estimate of drug-likeness (QED) is 0.295. The van der Waals surface area contributed by atoms with Gasteiger partial charge in [0.1, 0.15) is 6.33 Å². The van der Waals surface area contributed by atoms with Crippen LogP contribution in [0.1, 0.15) is 60.3 Å². The standard InChI is InChI=1S/C27H32N4O6S/c1-31-17-29-30-27(31)38-16-22-13-23(20-9-7-19(15-32)8-10-20)37-26(36-22)21-11-5-18(6-12-21)14-28-24(33)3-2-4-25(34)35/h5-12,17,22-23,26,32H,2-4,13-16H2,1H3,(H,28,33)(H,34,35). The van der Waals surface area contributed by atoms with Crippen molar-refractivity contribution in [2.24, 2.45) is 7.05 Å². The number of aryl methyl sites for hydroxylation is 1. The summed E-state index contributed by atoms with van der Waals surface area (Å²) in [7, 11) is 1.90. The summed E-state index contributed by atoms with van der Waals surface area (Å²) < 4.78 is 14.6. The highest BCUT2D eigenvalue weighted by Gasteiger charge is 2.32. The van der Waals surface area contributed by atoms with Gasteiger partial charge >= 0.3 is 5.97 Å². The van der Waals surface area contributed by atoms with Crippen LogP contribution in [0.2, 0.25) is 0 Å². The number of ether oxygens (including phenoxy) is 2. The van der Waals surface area contributed by atoms with Crippen LogP contribution in [0.25, 0.3) is 0 Å². The lowest BCUT2D eigenvalue weighted by molar-refractivity contribution is -0.245. The minimum absolute atomic E-state index is 0.0103. The third kappa shape index (κ3) is 7.87. The topological polar surface area (TPSA) is 136 Å². The summed E-state index contributed by atoms with van der Waals surface area (Å²) in [6.07, 6.45) is 1.97. The van der Waals surface area contributed by atoms with E-state index >= 15 is 0 Å². The number of carboxylic acid groups (broad SMARTS) is 1. The van der Waals surface area contributed by atoms with Crippen molar-refractivity contribution in [1.29, 1.82) is 0 Å². The van der Waals surface area contributed by atoms with Gasteiger partial charge in [0.05, 0.1) is 18.8 Å². The molecule has 3 N–H and O–H groups in total. The Morgan fingerprint density at radius 2 is 1.76 bits per heavy atom. The molecule has 11 heteroatoms. The van der Waals surface area contributed by atoms with E-state index in [2.05, 4.69) is 15.5 Å². The zero-order valence-corrected chi connectivity index (χ0v) is 22.0. The molecule has 202 valence electrons. The molecule has 3 unspecified atom stereocenters. The van der Waals surface area contributed by atoms with Crippen LogP contribution in [0.5, 0.6) is 0 Å². The van der Waals surface area contributed by atoms with Crippen LogP contribution in [0.15, 0.2) is 60.0 Å². The number of nitrogens with one attached hydrogen (secondary N) is 1. The number of carbonyl (C=O) groups excluding carboxylic acids is 1. The van der Waals surface area contributed by atoms with E-state index in [0.717, 1.165) is 27.4 Å². The molecule has 4 rings (SSSR count). The number of benzene rings is 2. The molecule has 1 amide bonds. The maximum absolute atomic E-state index is 12.0. The number of aliphatic hydroxyl groups excluding tert-OH is 1. The van der Waals surface area contributed by atoms with Gasteiger partial charge in [-0.3, -0.25) is 9.59 Å². The number of rotatable bonds is 12. The van der Waals surface area contributed by atoms with Gasteiger partial charge in [-0.15, -0.1) is 10.2 Å². The smallest absolute Gasteiger partial charge is 0.303 e. The molecule has 2 heterocycles. The summed E-state index contributed by atoms with van der Waals surface area (Å²) >= 11 is 1.58. The molecule has 1 saturated heterocycles. The largest absolute Gasteiger partial charge is 0.481 e. The van der Waals surface area contributed by atoms with Crippen LogP contribution in [-0.4, -0.2) is 48.7 Å². The number of hydrogen-bond donors (Lipinski definition) is 3. The van der Waals surface area contributed by atoms with E-state index in [4.69, 9.17) is 14.6 Å². The molecule has 38 heavy (non-hydrogen) atoms. The lowest BCUT2D eigenvalue weighted by atomic mass is 10.0. The molecule has 1 aliphatic heterocycles. The monoisotopic (exact) mass is 540 g/mol. The van der Waals surface area contributed by atoms with E-state index in [0.29, 0.717) is 25.1 Å². The average Bonchev–Trinajstić information content (AvgIpc) is 3.35.